The van der Waals surface area contributed by atoms with E-state index >= 15 is 0 Å². The molecule has 0 bridgehead atoms. The van der Waals surface area contributed by atoms with Gasteiger partial charge in [-0.05, 0) is 12.5 Å². The van der Waals surface area contributed by atoms with Gasteiger partial charge in [0.15, 0.2) is 0 Å². The minimum absolute atomic E-state index is 0.191. The zero-order valence-corrected chi connectivity index (χ0v) is 8.91. The monoisotopic (exact) mass is 249 g/mol. The number of halogens is 3. The highest BCUT2D eigenvalue weighted by molar-refractivity contribution is 5.48. The van der Waals surface area contributed by atoms with E-state index in [-0.39, 0.29) is 18.1 Å². The third-order valence-corrected chi connectivity index (χ3v) is 1.98. The van der Waals surface area contributed by atoms with Crippen LogP contribution in [0.4, 0.5) is 24.7 Å². The highest BCUT2D eigenvalue weighted by Gasteiger charge is 2.26. The Morgan fingerprint density at radius 2 is 2.18 bits per heavy atom. The number of hydrogen-bond acceptors (Lipinski definition) is 4. The van der Waals surface area contributed by atoms with E-state index in [1.807, 2.05) is 0 Å². The first-order chi connectivity index (χ1) is 7.79. The summed E-state index contributed by atoms with van der Waals surface area (Å²) in [5.41, 5.74) is 0.241. The zero-order chi connectivity index (χ0) is 13.1. The van der Waals surface area contributed by atoms with Gasteiger partial charge in [0.25, 0.3) is 5.69 Å². The van der Waals surface area contributed by atoms with E-state index in [9.17, 15) is 23.3 Å². The molecule has 1 aromatic rings. The van der Waals surface area contributed by atoms with E-state index < -0.39 is 17.5 Å². The molecule has 0 unspecified atom stereocenters. The molecular formula is C9H10F3N3O2. The number of rotatable bonds is 4. The minimum atomic E-state index is -4.23. The summed E-state index contributed by atoms with van der Waals surface area (Å²) < 4.78 is 35.6. The predicted molar refractivity (Wildman–Crippen MR) is 54.8 cm³/mol. The first-order valence-corrected chi connectivity index (χ1v) is 4.71. The summed E-state index contributed by atoms with van der Waals surface area (Å²) in [5, 5.41) is 12.9. The lowest BCUT2D eigenvalue weighted by molar-refractivity contribution is -0.385. The summed E-state index contributed by atoms with van der Waals surface area (Å²) in [6.07, 6.45) is -4.21. The SMILES string of the molecule is Cc1cc([N+](=O)[O-])cnc1NCCC(F)(F)F. The fraction of sp³-hybridized carbons (Fsp3) is 0.444. The standard InChI is InChI=1S/C9H10F3N3O2/c1-6-4-7(15(16)17)5-14-8(6)13-3-2-9(10,11)12/h4-5H,2-3H2,1H3,(H,13,14). The van der Waals surface area contributed by atoms with Crippen LogP contribution in [0.3, 0.4) is 0 Å². The summed E-state index contributed by atoms with van der Waals surface area (Å²) in [5.74, 6) is 0.222. The number of nitrogens with zero attached hydrogens (tertiary/aromatic N) is 2. The normalized spacial score (nSPS) is 11.3. The second kappa shape index (κ2) is 4.98. The van der Waals surface area contributed by atoms with E-state index in [4.69, 9.17) is 0 Å². The van der Waals surface area contributed by atoms with Gasteiger partial charge in [-0.1, -0.05) is 0 Å². The molecule has 8 heteroatoms. The fourth-order valence-corrected chi connectivity index (χ4v) is 1.17. The summed E-state index contributed by atoms with van der Waals surface area (Å²) in [6, 6.07) is 1.25. The average molecular weight is 249 g/mol. The summed E-state index contributed by atoms with van der Waals surface area (Å²) in [6.45, 7) is 1.23. The third kappa shape index (κ3) is 4.25. The largest absolute Gasteiger partial charge is 0.390 e. The van der Waals surface area contributed by atoms with Crippen LogP contribution in [0.15, 0.2) is 12.3 Å². The molecule has 0 fully saturated rings. The van der Waals surface area contributed by atoms with Gasteiger partial charge in [0, 0.05) is 12.6 Å². The molecule has 5 nitrogen and oxygen atoms in total. The van der Waals surface area contributed by atoms with Gasteiger partial charge in [0.05, 0.1) is 11.3 Å². The number of aryl methyl sites for hydroxylation is 1. The molecule has 0 atom stereocenters. The van der Waals surface area contributed by atoms with Crippen LogP contribution < -0.4 is 5.32 Å². The van der Waals surface area contributed by atoms with Crippen molar-refractivity contribution in [1.29, 1.82) is 0 Å². The molecule has 0 aliphatic heterocycles. The van der Waals surface area contributed by atoms with Crippen LogP contribution in [0, 0.1) is 17.0 Å². The Kier molecular flexibility index (Phi) is 3.87. The minimum Gasteiger partial charge on any atom is -0.370 e. The molecular weight excluding hydrogens is 239 g/mol. The topological polar surface area (TPSA) is 68.1 Å². The smallest absolute Gasteiger partial charge is 0.370 e. The number of nitro groups is 1. The van der Waals surface area contributed by atoms with Crippen LogP contribution in [0.5, 0.6) is 0 Å². The Morgan fingerprint density at radius 1 is 1.53 bits per heavy atom. The Balaban J connectivity index is 2.64. The maximum absolute atomic E-state index is 11.9. The fourth-order valence-electron chi connectivity index (χ4n) is 1.17. The predicted octanol–water partition coefficient (Wildman–Crippen LogP) is 2.66. The first kappa shape index (κ1) is 13.2. The van der Waals surface area contributed by atoms with Crippen molar-refractivity contribution in [2.45, 2.75) is 19.5 Å². The van der Waals surface area contributed by atoms with Crippen molar-refractivity contribution in [1.82, 2.24) is 4.98 Å². The van der Waals surface area contributed by atoms with E-state index in [0.717, 1.165) is 6.20 Å². The molecule has 0 saturated carbocycles. The molecule has 17 heavy (non-hydrogen) atoms. The number of alkyl halides is 3. The molecule has 1 aromatic heterocycles. The number of anilines is 1. The Hall–Kier alpha value is -1.86. The second-order valence-corrected chi connectivity index (χ2v) is 3.41. The lowest BCUT2D eigenvalue weighted by Crippen LogP contribution is -2.15. The van der Waals surface area contributed by atoms with Crippen LogP contribution in [0.25, 0.3) is 0 Å². The molecule has 94 valence electrons. The van der Waals surface area contributed by atoms with Crippen LogP contribution in [-0.4, -0.2) is 22.6 Å². The quantitative estimate of drug-likeness (QED) is 0.658. The molecule has 1 N–H and O–H groups in total. The molecule has 0 aliphatic rings. The molecule has 1 heterocycles. The third-order valence-electron chi connectivity index (χ3n) is 1.98. The van der Waals surface area contributed by atoms with E-state index in [1.165, 1.54) is 13.0 Å². The van der Waals surface area contributed by atoms with Crippen molar-refractivity contribution in [3.05, 3.63) is 27.9 Å². The van der Waals surface area contributed by atoms with Gasteiger partial charge in [-0.15, -0.1) is 0 Å². The molecule has 0 amide bonds. The molecule has 0 aliphatic carbocycles. The van der Waals surface area contributed by atoms with Gasteiger partial charge in [-0.2, -0.15) is 13.2 Å². The first-order valence-electron chi connectivity index (χ1n) is 4.71. The summed E-state index contributed by atoms with van der Waals surface area (Å²) in [4.78, 5) is 13.5. The van der Waals surface area contributed by atoms with Crippen molar-refractivity contribution < 1.29 is 18.1 Å². The lowest BCUT2D eigenvalue weighted by atomic mass is 10.2. The van der Waals surface area contributed by atoms with Crippen molar-refractivity contribution >= 4 is 11.5 Å². The molecule has 0 spiro atoms. The van der Waals surface area contributed by atoms with Gasteiger partial charge >= 0.3 is 6.18 Å². The van der Waals surface area contributed by atoms with E-state index in [1.54, 1.807) is 0 Å². The van der Waals surface area contributed by atoms with Gasteiger partial charge in [0.2, 0.25) is 0 Å². The van der Waals surface area contributed by atoms with Gasteiger partial charge in [0.1, 0.15) is 12.0 Å². The number of aromatic nitrogens is 1. The second-order valence-electron chi connectivity index (χ2n) is 3.41. The molecule has 1 rings (SSSR count). The van der Waals surface area contributed by atoms with E-state index in [2.05, 4.69) is 10.3 Å². The van der Waals surface area contributed by atoms with Crippen molar-refractivity contribution in [3.8, 4) is 0 Å². The summed E-state index contributed by atoms with van der Waals surface area (Å²) in [7, 11) is 0. The van der Waals surface area contributed by atoms with Gasteiger partial charge < -0.3 is 5.32 Å². The van der Waals surface area contributed by atoms with Crippen LogP contribution in [-0.2, 0) is 0 Å². The number of pyridine rings is 1. The Labute approximate surface area is 94.8 Å². The lowest BCUT2D eigenvalue weighted by Gasteiger charge is -2.09. The van der Waals surface area contributed by atoms with Gasteiger partial charge in [-0.25, -0.2) is 4.98 Å². The van der Waals surface area contributed by atoms with Crippen LogP contribution in [0.1, 0.15) is 12.0 Å². The van der Waals surface area contributed by atoms with Gasteiger partial charge in [-0.3, -0.25) is 10.1 Å². The molecule has 0 radical (unpaired) electrons. The Morgan fingerprint density at radius 3 is 2.65 bits per heavy atom. The Bertz CT molecular complexity index is 420. The molecule has 0 aromatic carbocycles. The highest BCUT2D eigenvalue weighted by atomic mass is 19.4. The number of nitrogens with one attached hydrogen (secondary N) is 1. The summed E-state index contributed by atoms with van der Waals surface area (Å²) >= 11 is 0. The average Bonchev–Trinajstić information content (AvgIpc) is 2.18. The van der Waals surface area contributed by atoms with Crippen LogP contribution >= 0.6 is 0 Å². The van der Waals surface area contributed by atoms with Crippen LogP contribution in [0.2, 0.25) is 0 Å². The maximum atomic E-state index is 11.9. The van der Waals surface area contributed by atoms with E-state index in [0.29, 0.717) is 5.56 Å². The molecule has 0 saturated heterocycles. The van der Waals surface area contributed by atoms with Crippen molar-refractivity contribution in [3.63, 3.8) is 0 Å². The number of hydrogen-bond donors (Lipinski definition) is 1. The van der Waals surface area contributed by atoms with Crippen molar-refractivity contribution in [2.24, 2.45) is 0 Å². The zero-order valence-electron chi connectivity index (χ0n) is 8.91. The van der Waals surface area contributed by atoms with Crippen molar-refractivity contribution in [2.75, 3.05) is 11.9 Å². The highest BCUT2D eigenvalue weighted by Crippen LogP contribution is 2.21. The maximum Gasteiger partial charge on any atom is 0.390 e.